The Labute approximate surface area is 150 Å². The highest BCUT2D eigenvalue weighted by Crippen LogP contribution is 2.65. The van der Waals surface area contributed by atoms with Crippen molar-refractivity contribution < 1.29 is 9.84 Å². The minimum atomic E-state index is -0.469. The minimum absolute atomic E-state index is 0.349. The summed E-state index contributed by atoms with van der Waals surface area (Å²) in [5.74, 6) is 0.818. The molecule has 4 heteroatoms. The summed E-state index contributed by atoms with van der Waals surface area (Å²) in [4.78, 5) is 0. The average Bonchev–Trinajstić information content (AvgIpc) is 2.88. The van der Waals surface area contributed by atoms with Gasteiger partial charge in [0.2, 0.25) is 0 Å². The van der Waals surface area contributed by atoms with E-state index in [4.69, 9.17) is 16.3 Å². The van der Waals surface area contributed by atoms with Gasteiger partial charge >= 0.3 is 0 Å². The lowest BCUT2D eigenvalue weighted by Crippen LogP contribution is -2.47. The second-order valence-electron chi connectivity index (χ2n) is 8.37. The van der Waals surface area contributed by atoms with Crippen LogP contribution < -0.4 is 5.32 Å². The molecular formula is C20H30ClNO2. The van der Waals surface area contributed by atoms with E-state index in [0.717, 1.165) is 16.5 Å². The number of hydrogen-bond donors (Lipinski definition) is 2. The molecule has 0 radical (unpaired) electrons. The SMILES string of the molecule is CC1(C)[C@H]2CC[C@@]1(C)[C@H](NC[C@@H](O)COCc1ccc(Cl)cc1)C2. The molecule has 0 heterocycles. The van der Waals surface area contributed by atoms with Crippen molar-refractivity contribution in [3.05, 3.63) is 34.9 Å². The number of aliphatic hydroxyl groups excluding tert-OH is 1. The summed E-state index contributed by atoms with van der Waals surface area (Å²) in [6.45, 7) is 8.71. The number of rotatable bonds is 7. The first-order valence-corrected chi connectivity index (χ1v) is 9.44. The predicted molar refractivity (Wildman–Crippen MR) is 98.1 cm³/mol. The lowest BCUT2D eigenvalue weighted by atomic mass is 9.69. The monoisotopic (exact) mass is 351 g/mol. The van der Waals surface area contributed by atoms with Gasteiger partial charge in [-0.15, -0.1) is 0 Å². The standard InChI is InChI=1S/C20H30ClNO2/c1-19(2)15-8-9-20(19,3)18(10-15)22-11-17(23)13-24-12-14-4-6-16(21)7-5-14/h4-7,15,17-18,22-23H,8-13H2,1-3H3/t15-,17+,18+,20-/m0/s1. The Morgan fingerprint density at radius 1 is 1.29 bits per heavy atom. The van der Waals surface area contributed by atoms with Gasteiger partial charge in [-0.05, 0) is 53.7 Å². The van der Waals surface area contributed by atoms with Crippen LogP contribution in [0.3, 0.4) is 0 Å². The Morgan fingerprint density at radius 2 is 2.00 bits per heavy atom. The van der Waals surface area contributed by atoms with Gasteiger partial charge < -0.3 is 15.2 Å². The van der Waals surface area contributed by atoms with Gasteiger partial charge in [0, 0.05) is 17.6 Å². The van der Waals surface area contributed by atoms with Gasteiger partial charge in [-0.3, -0.25) is 0 Å². The molecule has 134 valence electrons. The summed E-state index contributed by atoms with van der Waals surface area (Å²) in [6, 6.07) is 8.12. The number of nitrogens with one attached hydrogen (secondary N) is 1. The topological polar surface area (TPSA) is 41.5 Å². The van der Waals surface area contributed by atoms with Crippen LogP contribution in [0.1, 0.15) is 45.6 Å². The van der Waals surface area contributed by atoms with Gasteiger partial charge in [-0.1, -0.05) is 44.5 Å². The Hall–Kier alpha value is -0.610. The maximum atomic E-state index is 10.2. The van der Waals surface area contributed by atoms with E-state index in [1.54, 1.807) is 0 Å². The van der Waals surface area contributed by atoms with E-state index in [9.17, 15) is 5.11 Å². The largest absolute Gasteiger partial charge is 0.389 e. The van der Waals surface area contributed by atoms with Crippen molar-refractivity contribution in [1.29, 1.82) is 0 Å². The molecule has 0 saturated heterocycles. The predicted octanol–water partition coefficient (Wildman–Crippen LogP) is 4.02. The molecule has 0 spiro atoms. The fraction of sp³-hybridized carbons (Fsp3) is 0.700. The average molecular weight is 352 g/mol. The van der Waals surface area contributed by atoms with Crippen molar-refractivity contribution in [2.45, 2.75) is 58.8 Å². The molecule has 2 fully saturated rings. The van der Waals surface area contributed by atoms with Crippen LogP contribution in [0.2, 0.25) is 5.02 Å². The molecule has 2 aliphatic rings. The highest BCUT2D eigenvalue weighted by Gasteiger charge is 2.60. The summed E-state index contributed by atoms with van der Waals surface area (Å²) in [5.41, 5.74) is 1.82. The van der Waals surface area contributed by atoms with Crippen LogP contribution in [0.5, 0.6) is 0 Å². The third-order valence-electron chi connectivity index (χ3n) is 6.89. The third kappa shape index (κ3) is 3.37. The van der Waals surface area contributed by atoms with Crippen molar-refractivity contribution in [3.8, 4) is 0 Å². The molecule has 2 saturated carbocycles. The lowest BCUT2D eigenvalue weighted by Gasteiger charge is -2.40. The summed E-state index contributed by atoms with van der Waals surface area (Å²) in [5, 5.41) is 14.6. The fourth-order valence-electron chi connectivity index (χ4n) is 4.74. The molecule has 0 amide bonds. The normalized spacial score (nSPS) is 32.2. The molecule has 1 aromatic carbocycles. The van der Waals surface area contributed by atoms with Crippen molar-refractivity contribution in [1.82, 2.24) is 5.32 Å². The molecule has 4 atom stereocenters. The van der Waals surface area contributed by atoms with E-state index in [1.165, 1.54) is 19.3 Å². The highest BCUT2D eigenvalue weighted by molar-refractivity contribution is 6.30. The van der Waals surface area contributed by atoms with E-state index < -0.39 is 6.10 Å². The second-order valence-corrected chi connectivity index (χ2v) is 8.80. The van der Waals surface area contributed by atoms with Gasteiger partial charge in [-0.25, -0.2) is 0 Å². The molecule has 2 aliphatic carbocycles. The van der Waals surface area contributed by atoms with Crippen LogP contribution in [0.25, 0.3) is 0 Å². The third-order valence-corrected chi connectivity index (χ3v) is 7.14. The molecule has 0 aliphatic heterocycles. The van der Waals surface area contributed by atoms with Crippen molar-refractivity contribution in [3.63, 3.8) is 0 Å². The van der Waals surface area contributed by atoms with Crippen molar-refractivity contribution in [2.75, 3.05) is 13.2 Å². The van der Waals surface area contributed by atoms with Crippen LogP contribution in [0.4, 0.5) is 0 Å². The molecule has 24 heavy (non-hydrogen) atoms. The molecule has 3 rings (SSSR count). The van der Waals surface area contributed by atoms with E-state index in [1.807, 2.05) is 24.3 Å². The van der Waals surface area contributed by atoms with E-state index in [-0.39, 0.29) is 0 Å². The number of fused-ring (bicyclic) bond motifs is 2. The van der Waals surface area contributed by atoms with Gasteiger partial charge in [0.05, 0.1) is 19.3 Å². The van der Waals surface area contributed by atoms with Crippen LogP contribution in [-0.2, 0) is 11.3 Å². The van der Waals surface area contributed by atoms with Gasteiger partial charge in [0.25, 0.3) is 0 Å². The molecule has 3 nitrogen and oxygen atoms in total. The maximum Gasteiger partial charge on any atom is 0.0897 e. The maximum absolute atomic E-state index is 10.2. The van der Waals surface area contributed by atoms with E-state index in [0.29, 0.717) is 36.6 Å². The van der Waals surface area contributed by atoms with Gasteiger partial charge in [0.1, 0.15) is 0 Å². The Kier molecular flexibility index (Phi) is 5.27. The summed E-state index contributed by atoms with van der Waals surface area (Å²) < 4.78 is 5.63. The van der Waals surface area contributed by atoms with E-state index >= 15 is 0 Å². The first-order valence-electron chi connectivity index (χ1n) is 9.06. The molecular weight excluding hydrogens is 322 g/mol. The first kappa shape index (κ1) is 18.2. The summed E-state index contributed by atoms with van der Waals surface area (Å²) >= 11 is 5.87. The van der Waals surface area contributed by atoms with Crippen LogP contribution >= 0.6 is 11.6 Å². The zero-order valence-electron chi connectivity index (χ0n) is 15.0. The van der Waals surface area contributed by atoms with Gasteiger partial charge in [0.15, 0.2) is 0 Å². The van der Waals surface area contributed by atoms with Gasteiger partial charge in [-0.2, -0.15) is 0 Å². The summed E-state index contributed by atoms with van der Waals surface area (Å²) in [7, 11) is 0. The number of ether oxygens (including phenoxy) is 1. The van der Waals surface area contributed by atoms with Crippen LogP contribution in [0, 0.1) is 16.7 Å². The molecule has 1 aromatic rings. The summed E-state index contributed by atoms with van der Waals surface area (Å²) in [6.07, 6.45) is 3.42. The van der Waals surface area contributed by atoms with Crippen LogP contribution in [-0.4, -0.2) is 30.4 Å². The highest BCUT2D eigenvalue weighted by atomic mass is 35.5. The molecule has 0 unspecified atom stereocenters. The molecule has 2 N–H and O–H groups in total. The van der Waals surface area contributed by atoms with Crippen molar-refractivity contribution >= 4 is 11.6 Å². The number of halogens is 1. The van der Waals surface area contributed by atoms with E-state index in [2.05, 4.69) is 26.1 Å². The number of aliphatic hydroxyl groups is 1. The van der Waals surface area contributed by atoms with Crippen LogP contribution in [0.15, 0.2) is 24.3 Å². The second kappa shape index (κ2) is 6.95. The van der Waals surface area contributed by atoms with Crippen molar-refractivity contribution in [2.24, 2.45) is 16.7 Å². The Morgan fingerprint density at radius 3 is 2.58 bits per heavy atom. The smallest absolute Gasteiger partial charge is 0.0897 e. The lowest BCUT2D eigenvalue weighted by molar-refractivity contribution is 0.0231. The number of hydrogen-bond acceptors (Lipinski definition) is 3. The zero-order chi connectivity index (χ0) is 17.4. The quantitative estimate of drug-likeness (QED) is 0.779. The Bertz CT molecular complexity index is 559. The first-order chi connectivity index (χ1) is 11.3. The fourth-order valence-corrected chi connectivity index (χ4v) is 4.87. The Balaban J connectivity index is 1.40. The minimum Gasteiger partial charge on any atom is -0.389 e. The number of benzene rings is 1. The molecule has 0 aromatic heterocycles. The zero-order valence-corrected chi connectivity index (χ0v) is 15.8. The molecule has 2 bridgehead atoms.